The Bertz CT molecular complexity index is 703. The maximum atomic E-state index is 12.1. The Morgan fingerprint density at radius 1 is 1.18 bits per heavy atom. The first-order valence-electron chi connectivity index (χ1n) is 7.27. The van der Waals surface area contributed by atoms with Gasteiger partial charge in [-0.1, -0.05) is 12.1 Å². The van der Waals surface area contributed by atoms with Gasteiger partial charge in [0.2, 0.25) is 0 Å². The summed E-state index contributed by atoms with van der Waals surface area (Å²) in [6, 6.07) is 5.95. The van der Waals surface area contributed by atoms with Crippen LogP contribution in [-0.2, 0) is 9.53 Å². The molecule has 0 bridgehead atoms. The number of esters is 1. The Morgan fingerprint density at radius 3 is 2.50 bits per heavy atom. The highest BCUT2D eigenvalue weighted by molar-refractivity contribution is 5.92. The fraction of sp³-hybridized carbons (Fsp3) is 0.471. The second-order valence-corrected chi connectivity index (χ2v) is 6.56. The SMILES string of the molecule is COC(=O)C(C)(C)C(C)(C)Nc1ncnc2cccc(C)c12. The van der Waals surface area contributed by atoms with Crippen molar-refractivity contribution >= 4 is 22.7 Å². The number of hydrogen-bond acceptors (Lipinski definition) is 5. The molecule has 0 atom stereocenters. The van der Waals surface area contributed by atoms with Crippen LogP contribution in [0, 0.1) is 12.3 Å². The van der Waals surface area contributed by atoms with E-state index < -0.39 is 11.0 Å². The summed E-state index contributed by atoms with van der Waals surface area (Å²) in [5.74, 6) is 0.463. The van der Waals surface area contributed by atoms with E-state index in [-0.39, 0.29) is 5.97 Å². The molecule has 0 radical (unpaired) electrons. The molecule has 1 aromatic heterocycles. The number of hydrogen-bond donors (Lipinski definition) is 1. The summed E-state index contributed by atoms with van der Waals surface area (Å²) in [4.78, 5) is 20.8. The van der Waals surface area contributed by atoms with Crippen LogP contribution in [0.3, 0.4) is 0 Å². The molecule has 22 heavy (non-hydrogen) atoms. The summed E-state index contributed by atoms with van der Waals surface area (Å²) < 4.78 is 4.94. The van der Waals surface area contributed by atoms with Gasteiger partial charge in [0, 0.05) is 10.9 Å². The second-order valence-electron chi connectivity index (χ2n) is 6.56. The van der Waals surface area contributed by atoms with Crippen LogP contribution < -0.4 is 5.32 Å². The van der Waals surface area contributed by atoms with Crippen molar-refractivity contribution in [1.29, 1.82) is 0 Å². The number of aromatic nitrogens is 2. The van der Waals surface area contributed by atoms with Gasteiger partial charge in [-0.05, 0) is 46.2 Å². The number of rotatable bonds is 4. The fourth-order valence-corrected chi connectivity index (χ4v) is 2.34. The van der Waals surface area contributed by atoms with E-state index in [2.05, 4.69) is 15.3 Å². The Labute approximate surface area is 131 Å². The summed E-state index contributed by atoms with van der Waals surface area (Å²) in [5.41, 5.74) is 0.696. The first-order valence-corrected chi connectivity index (χ1v) is 7.27. The number of nitrogens with one attached hydrogen (secondary N) is 1. The van der Waals surface area contributed by atoms with E-state index in [0.717, 1.165) is 22.3 Å². The van der Waals surface area contributed by atoms with Crippen molar-refractivity contribution in [3.05, 3.63) is 30.1 Å². The average molecular weight is 301 g/mol. The highest BCUT2D eigenvalue weighted by Gasteiger charge is 2.44. The van der Waals surface area contributed by atoms with Gasteiger partial charge in [-0.3, -0.25) is 4.79 Å². The molecular formula is C17H23N3O2. The van der Waals surface area contributed by atoms with Gasteiger partial charge < -0.3 is 10.1 Å². The van der Waals surface area contributed by atoms with Crippen LogP contribution in [0.4, 0.5) is 5.82 Å². The molecule has 0 unspecified atom stereocenters. The third-order valence-corrected chi connectivity index (χ3v) is 4.56. The highest BCUT2D eigenvalue weighted by Crippen LogP contribution is 2.36. The molecule has 1 aromatic carbocycles. The third-order valence-electron chi connectivity index (χ3n) is 4.56. The van der Waals surface area contributed by atoms with Crippen molar-refractivity contribution < 1.29 is 9.53 Å². The molecule has 118 valence electrons. The first kappa shape index (κ1) is 16.2. The topological polar surface area (TPSA) is 64.1 Å². The van der Waals surface area contributed by atoms with Gasteiger partial charge in [0.25, 0.3) is 0 Å². The van der Waals surface area contributed by atoms with Crippen molar-refractivity contribution in [2.75, 3.05) is 12.4 Å². The van der Waals surface area contributed by atoms with Gasteiger partial charge >= 0.3 is 5.97 Å². The normalized spacial score (nSPS) is 12.3. The van der Waals surface area contributed by atoms with Crippen LogP contribution in [0.5, 0.6) is 0 Å². The smallest absolute Gasteiger partial charge is 0.313 e. The van der Waals surface area contributed by atoms with Crippen LogP contribution >= 0.6 is 0 Å². The van der Waals surface area contributed by atoms with Crippen molar-refractivity contribution in [3.63, 3.8) is 0 Å². The molecule has 5 heteroatoms. The first-order chi connectivity index (χ1) is 10.2. The van der Waals surface area contributed by atoms with Gasteiger partial charge in [-0.2, -0.15) is 0 Å². The molecule has 0 aliphatic heterocycles. The number of benzene rings is 1. The van der Waals surface area contributed by atoms with Gasteiger partial charge in [-0.25, -0.2) is 9.97 Å². The maximum absolute atomic E-state index is 12.1. The lowest BCUT2D eigenvalue weighted by Crippen LogP contribution is -2.51. The number of ether oxygens (including phenoxy) is 1. The summed E-state index contributed by atoms with van der Waals surface area (Å²) in [7, 11) is 1.41. The predicted octanol–water partition coefficient (Wildman–Crippen LogP) is 3.33. The molecule has 2 rings (SSSR count). The lowest BCUT2D eigenvalue weighted by atomic mass is 9.74. The summed E-state index contributed by atoms with van der Waals surface area (Å²) >= 11 is 0. The third kappa shape index (κ3) is 2.63. The zero-order valence-electron chi connectivity index (χ0n) is 14.0. The Balaban J connectivity index is 2.49. The van der Waals surface area contributed by atoms with Gasteiger partial charge in [-0.15, -0.1) is 0 Å². The number of methoxy groups -OCH3 is 1. The minimum absolute atomic E-state index is 0.264. The lowest BCUT2D eigenvalue weighted by molar-refractivity contribution is -0.153. The predicted molar refractivity (Wildman–Crippen MR) is 87.8 cm³/mol. The lowest BCUT2D eigenvalue weighted by Gasteiger charge is -2.40. The quantitative estimate of drug-likeness (QED) is 0.878. The molecule has 0 amide bonds. The maximum Gasteiger partial charge on any atom is 0.313 e. The molecule has 1 heterocycles. The molecule has 1 N–H and O–H groups in total. The number of carbonyl (C=O) groups is 1. The monoisotopic (exact) mass is 301 g/mol. The van der Waals surface area contributed by atoms with Crippen LogP contribution in [0.1, 0.15) is 33.3 Å². The number of anilines is 1. The fourth-order valence-electron chi connectivity index (χ4n) is 2.34. The van der Waals surface area contributed by atoms with Gasteiger partial charge in [0.1, 0.15) is 12.1 Å². The summed E-state index contributed by atoms with van der Waals surface area (Å²) in [6.45, 7) is 9.69. The number of carbonyl (C=O) groups excluding carboxylic acids is 1. The molecule has 5 nitrogen and oxygen atoms in total. The molecular weight excluding hydrogens is 278 g/mol. The molecule has 0 saturated carbocycles. The molecule has 0 spiro atoms. The number of aryl methyl sites for hydroxylation is 1. The van der Waals surface area contributed by atoms with Crippen LogP contribution in [0.2, 0.25) is 0 Å². The van der Waals surface area contributed by atoms with E-state index in [0.29, 0.717) is 0 Å². The van der Waals surface area contributed by atoms with Crippen LogP contribution in [0.15, 0.2) is 24.5 Å². The molecule has 0 aliphatic rings. The standard InChI is InChI=1S/C17H23N3O2/c1-11-8-7-9-12-13(11)14(19-10-18-12)20-17(4,5)16(2,3)15(21)22-6/h7-10H,1-6H3,(H,18,19,20). The van der Waals surface area contributed by atoms with Crippen molar-refractivity contribution in [2.24, 2.45) is 5.41 Å². The zero-order chi connectivity index (χ0) is 16.5. The highest BCUT2D eigenvalue weighted by atomic mass is 16.5. The van der Waals surface area contributed by atoms with Gasteiger partial charge in [0.05, 0.1) is 18.0 Å². The van der Waals surface area contributed by atoms with Crippen LogP contribution in [0.25, 0.3) is 10.9 Å². The minimum Gasteiger partial charge on any atom is -0.469 e. The second kappa shape index (κ2) is 5.55. The van der Waals surface area contributed by atoms with Crippen molar-refractivity contribution in [2.45, 2.75) is 40.2 Å². The summed E-state index contributed by atoms with van der Waals surface area (Å²) in [5, 5.41) is 4.38. The number of fused-ring (bicyclic) bond motifs is 1. The van der Waals surface area contributed by atoms with E-state index in [1.54, 1.807) is 0 Å². The largest absolute Gasteiger partial charge is 0.469 e. The van der Waals surface area contributed by atoms with E-state index in [1.165, 1.54) is 13.4 Å². The number of nitrogens with zero attached hydrogens (tertiary/aromatic N) is 2. The minimum atomic E-state index is -0.721. The zero-order valence-corrected chi connectivity index (χ0v) is 14.0. The Kier molecular flexibility index (Phi) is 4.09. The molecule has 2 aromatic rings. The Hall–Kier alpha value is -2.17. The van der Waals surface area contributed by atoms with E-state index in [1.807, 2.05) is 52.8 Å². The molecule has 0 saturated heterocycles. The molecule has 0 aliphatic carbocycles. The van der Waals surface area contributed by atoms with Crippen molar-refractivity contribution in [1.82, 2.24) is 9.97 Å². The van der Waals surface area contributed by atoms with Gasteiger partial charge in [0.15, 0.2) is 0 Å². The van der Waals surface area contributed by atoms with E-state index in [4.69, 9.17) is 4.74 Å². The average Bonchev–Trinajstić information content (AvgIpc) is 2.46. The summed E-state index contributed by atoms with van der Waals surface area (Å²) in [6.07, 6.45) is 1.53. The Morgan fingerprint density at radius 2 is 1.86 bits per heavy atom. The van der Waals surface area contributed by atoms with E-state index in [9.17, 15) is 4.79 Å². The van der Waals surface area contributed by atoms with E-state index >= 15 is 0 Å². The molecule has 0 fully saturated rings. The van der Waals surface area contributed by atoms with Crippen molar-refractivity contribution in [3.8, 4) is 0 Å². The van der Waals surface area contributed by atoms with Crippen LogP contribution in [-0.4, -0.2) is 28.6 Å².